The summed E-state index contributed by atoms with van der Waals surface area (Å²) < 4.78 is 11.4. The van der Waals surface area contributed by atoms with Crippen molar-refractivity contribution < 1.29 is 9.15 Å². The molecule has 110 valence electrons. The Morgan fingerprint density at radius 3 is 2.87 bits per heavy atom. The molecule has 0 fully saturated rings. The van der Waals surface area contributed by atoms with Crippen molar-refractivity contribution in [3.8, 4) is 23.1 Å². The largest absolute Gasteiger partial charge is 0.476 e. The molecule has 0 aliphatic heterocycles. The number of nitriles is 1. The molecule has 0 saturated carbocycles. The Hall–Kier alpha value is -3.32. The normalized spacial score (nSPS) is 10.7. The molecule has 4 heteroatoms. The molecule has 23 heavy (non-hydrogen) atoms. The molecule has 2 aromatic heterocycles. The van der Waals surface area contributed by atoms with E-state index in [1.54, 1.807) is 6.20 Å². The van der Waals surface area contributed by atoms with E-state index in [9.17, 15) is 0 Å². The van der Waals surface area contributed by atoms with Gasteiger partial charge in [0.2, 0.25) is 0 Å². The van der Waals surface area contributed by atoms with Gasteiger partial charge in [-0.1, -0.05) is 24.3 Å². The van der Waals surface area contributed by atoms with Gasteiger partial charge in [0.15, 0.2) is 6.61 Å². The highest BCUT2D eigenvalue weighted by Gasteiger charge is 2.13. The zero-order valence-electron chi connectivity index (χ0n) is 12.2. The van der Waals surface area contributed by atoms with Gasteiger partial charge in [0.1, 0.15) is 28.7 Å². The van der Waals surface area contributed by atoms with Crippen molar-refractivity contribution in [2.24, 2.45) is 0 Å². The van der Waals surface area contributed by atoms with Crippen molar-refractivity contribution >= 4 is 21.9 Å². The molecule has 0 unspecified atom stereocenters. The second-order valence-corrected chi connectivity index (χ2v) is 5.11. The number of furan rings is 1. The Kier molecular flexibility index (Phi) is 3.17. The maximum Gasteiger partial charge on any atom is 0.174 e. The van der Waals surface area contributed by atoms with Crippen LogP contribution in [-0.2, 0) is 0 Å². The Morgan fingerprint density at radius 2 is 2.00 bits per heavy atom. The number of ether oxygens (including phenoxy) is 1. The molecular formula is C19H12N2O2. The average Bonchev–Trinajstić information content (AvgIpc) is 3.03. The molecule has 4 aromatic rings. The van der Waals surface area contributed by atoms with Crippen LogP contribution in [0, 0.1) is 11.3 Å². The SMILES string of the molecule is N#CCOc1ccc(-c2cc3ccccc3o2)c2cccnc12. The van der Waals surface area contributed by atoms with E-state index >= 15 is 0 Å². The van der Waals surface area contributed by atoms with Gasteiger partial charge in [0.25, 0.3) is 0 Å². The standard InChI is InChI=1S/C19H12N2O2/c20-9-11-22-17-8-7-14(15-5-3-10-21-19(15)17)18-12-13-4-1-2-6-16(13)23-18/h1-8,10,12H,11H2. The van der Waals surface area contributed by atoms with Gasteiger partial charge >= 0.3 is 0 Å². The van der Waals surface area contributed by atoms with Gasteiger partial charge in [0, 0.05) is 22.5 Å². The molecule has 0 atom stereocenters. The Bertz CT molecular complexity index is 1010. The van der Waals surface area contributed by atoms with E-state index in [1.165, 1.54) is 0 Å². The third kappa shape index (κ3) is 2.29. The molecule has 0 amide bonds. The zero-order chi connectivity index (χ0) is 15.6. The molecule has 4 rings (SSSR count). The van der Waals surface area contributed by atoms with E-state index in [-0.39, 0.29) is 6.61 Å². The van der Waals surface area contributed by atoms with Crippen LogP contribution < -0.4 is 4.74 Å². The number of hydrogen-bond acceptors (Lipinski definition) is 4. The van der Waals surface area contributed by atoms with Crippen LogP contribution in [0.4, 0.5) is 0 Å². The highest BCUT2D eigenvalue weighted by molar-refractivity contribution is 5.98. The molecular weight excluding hydrogens is 288 g/mol. The number of pyridine rings is 1. The second kappa shape index (κ2) is 5.47. The highest BCUT2D eigenvalue weighted by atomic mass is 16.5. The second-order valence-electron chi connectivity index (χ2n) is 5.11. The summed E-state index contributed by atoms with van der Waals surface area (Å²) in [5.74, 6) is 1.39. The van der Waals surface area contributed by atoms with Crippen LogP contribution in [0.15, 0.2) is 65.2 Å². The average molecular weight is 300 g/mol. The van der Waals surface area contributed by atoms with E-state index in [4.69, 9.17) is 14.4 Å². The predicted molar refractivity (Wildman–Crippen MR) is 88.1 cm³/mol. The molecule has 0 aliphatic rings. The van der Waals surface area contributed by atoms with Crippen LogP contribution in [0.3, 0.4) is 0 Å². The summed E-state index contributed by atoms with van der Waals surface area (Å²) in [6.07, 6.45) is 1.71. The highest BCUT2D eigenvalue weighted by Crippen LogP contribution is 2.35. The van der Waals surface area contributed by atoms with Gasteiger partial charge in [-0.05, 0) is 30.3 Å². The van der Waals surface area contributed by atoms with Crippen molar-refractivity contribution in [1.82, 2.24) is 4.98 Å². The fourth-order valence-electron chi connectivity index (χ4n) is 2.70. The van der Waals surface area contributed by atoms with E-state index in [1.807, 2.05) is 60.7 Å². The number of benzene rings is 2. The quantitative estimate of drug-likeness (QED) is 0.557. The lowest BCUT2D eigenvalue weighted by Gasteiger charge is -2.08. The van der Waals surface area contributed by atoms with Gasteiger partial charge in [-0.2, -0.15) is 5.26 Å². The molecule has 0 radical (unpaired) electrons. The van der Waals surface area contributed by atoms with Crippen LogP contribution in [0.25, 0.3) is 33.2 Å². The lowest BCUT2D eigenvalue weighted by Crippen LogP contribution is -1.95. The van der Waals surface area contributed by atoms with Gasteiger partial charge in [-0.15, -0.1) is 0 Å². The summed E-state index contributed by atoms with van der Waals surface area (Å²) in [5, 5.41) is 10.7. The predicted octanol–water partition coefficient (Wildman–Crippen LogP) is 4.55. The van der Waals surface area contributed by atoms with Crippen LogP contribution in [0.1, 0.15) is 0 Å². The number of aromatic nitrogens is 1. The lowest BCUT2D eigenvalue weighted by molar-refractivity contribution is 0.372. The molecule has 0 bridgehead atoms. The summed E-state index contributed by atoms with van der Waals surface area (Å²) in [6.45, 7) is -0.00431. The van der Waals surface area contributed by atoms with Gasteiger partial charge in [0.05, 0.1) is 0 Å². The number of para-hydroxylation sites is 1. The van der Waals surface area contributed by atoms with Crippen molar-refractivity contribution in [1.29, 1.82) is 5.26 Å². The van der Waals surface area contributed by atoms with Crippen molar-refractivity contribution in [2.75, 3.05) is 6.61 Å². The lowest BCUT2D eigenvalue weighted by atomic mass is 10.1. The smallest absolute Gasteiger partial charge is 0.174 e. The molecule has 2 heterocycles. The van der Waals surface area contributed by atoms with E-state index < -0.39 is 0 Å². The molecule has 4 nitrogen and oxygen atoms in total. The number of rotatable bonds is 3. The van der Waals surface area contributed by atoms with Crippen molar-refractivity contribution in [2.45, 2.75) is 0 Å². The topological polar surface area (TPSA) is 59.0 Å². The van der Waals surface area contributed by atoms with Crippen molar-refractivity contribution in [3.63, 3.8) is 0 Å². The first-order valence-corrected chi connectivity index (χ1v) is 7.23. The van der Waals surface area contributed by atoms with Crippen molar-refractivity contribution in [3.05, 3.63) is 60.8 Å². The molecule has 2 aromatic carbocycles. The minimum Gasteiger partial charge on any atom is -0.476 e. The molecule has 0 N–H and O–H groups in total. The number of fused-ring (bicyclic) bond motifs is 2. The number of nitrogens with zero attached hydrogens (tertiary/aromatic N) is 2. The Balaban J connectivity index is 1.92. The minimum absolute atomic E-state index is 0.00431. The maximum absolute atomic E-state index is 8.70. The summed E-state index contributed by atoms with van der Waals surface area (Å²) >= 11 is 0. The summed E-state index contributed by atoms with van der Waals surface area (Å²) in [5.41, 5.74) is 2.53. The minimum atomic E-state index is -0.00431. The van der Waals surface area contributed by atoms with Crippen LogP contribution in [0.5, 0.6) is 5.75 Å². The first-order valence-electron chi connectivity index (χ1n) is 7.23. The van der Waals surface area contributed by atoms with Crippen LogP contribution >= 0.6 is 0 Å². The fourth-order valence-corrected chi connectivity index (χ4v) is 2.70. The summed E-state index contributed by atoms with van der Waals surface area (Å²) in [7, 11) is 0. The first-order chi connectivity index (χ1) is 11.4. The first kappa shape index (κ1) is 13.4. The monoisotopic (exact) mass is 300 g/mol. The Labute approximate surface area is 132 Å². The molecule has 0 aliphatic carbocycles. The summed E-state index contributed by atoms with van der Waals surface area (Å²) in [4.78, 5) is 4.40. The van der Waals surface area contributed by atoms with Gasteiger partial charge in [-0.3, -0.25) is 4.98 Å². The van der Waals surface area contributed by atoms with Crippen LogP contribution in [-0.4, -0.2) is 11.6 Å². The zero-order valence-corrected chi connectivity index (χ0v) is 12.2. The third-order valence-electron chi connectivity index (χ3n) is 3.72. The fraction of sp³-hybridized carbons (Fsp3) is 0.0526. The Morgan fingerprint density at radius 1 is 1.09 bits per heavy atom. The van der Waals surface area contributed by atoms with Gasteiger partial charge < -0.3 is 9.15 Å². The van der Waals surface area contributed by atoms with E-state index in [0.717, 1.165) is 33.2 Å². The van der Waals surface area contributed by atoms with Crippen LogP contribution in [0.2, 0.25) is 0 Å². The maximum atomic E-state index is 8.70. The summed E-state index contributed by atoms with van der Waals surface area (Å²) in [6, 6.07) is 19.5. The van der Waals surface area contributed by atoms with E-state index in [0.29, 0.717) is 5.75 Å². The molecule has 0 spiro atoms. The van der Waals surface area contributed by atoms with E-state index in [2.05, 4.69) is 4.98 Å². The third-order valence-corrected chi connectivity index (χ3v) is 3.72. The molecule has 0 saturated heterocycles. The van der Waals surface area contributed by atoms with Gasteiger partial charge in [-0.25, -0.2) is 0 Å². The number of hydrogen-bond donors (Lipinski definition) is 0.